The lowest BCUT2D eigenvalue weighted by atomic mass is 10.2. The largest absolute Gasteiger partial charge is 0.573 e. The predicted octanol–water partition coefficient (Wildman–Crippen LogP) is 3.42. The van der Waals surface area contributed by atoms with Gasteiger partial charge in [0, 0.05) is 0 Å². The van der Waals surface area contributed by atoms with Gasteiger partial charge < -0.3 is 4.74 Å². The lowest BCUT2D eigenvalue weighted by molar-refractivity contribution is -0.274. The van der Waals surface area contributed by atoms with E-state index in [1.807, 2.05) is 0 Å². The molecule has 0 saturated carbocycles. The fraction of sp³-hybridized carbons (Fsp3) is 0.125. The average Bonchev–Trinajstić information content (AvgIpc) is 1.96. The molecule has 0 amide bonds. The maximum absolute atomic E-state index is 11.8. The van der Waals surface area contributed by atoms with Crippen LogP contribution in [0.5, 0.6) is 5.75 Å². The van der Waals surface area contributed by atoms with Gasteiger partial charge in [0.1, 0.15) is 5.75 Å². The van der Waals surface area contributed by atoms with Crippen molar-refractivity contribution in [3.05, 3.63) is 35.7 Å². The van der Waals surface area contributed by atoms with Gasteiger partial charge in [0.25, 0.3) is 0 Å². The number of alkyl halides is 3. The van der Waals surface area contributed by atoms with Gasteiger partial charge >= 0.3 is 6.36 Å². The molecule has 0 unspecified atom stereocenters. The van der Waals surface area contributed by atoms with E-state index in [-0.39, 0.29) is 5.02 Å². The summed E-state index contributed by atoms with van der Waals surface area (Å²) in [6.07, 6.45) is -4.72. The topological polar surface area (TPSA) is 9.23 Å². The molecule has 1 aromatic rings. The molecule has 0 N–H and O–H groups in total. The summed E-state index contributed by atoms with van der Waals surface area (Å²) in [6, 6.07) is 4.01. The molecule has 0 aromatic heterocycles. The highest BCUT2D eigenvalue weighted by Crippen LogP contribution is 2.31. The molecule has 71 valence electrons. The average molecular weight is 210 g/mol. The number of ether oxygens (including phenoxy) is 1. The second-order valence-electron chi connectivity index (χ2n) is 2.28. The summed E-state index contributed by atoms with van der Waals surface area (Å²) in [5.41, 5.74) is 0.295. The molecule has 1 rings (SSSR count). The Balaban J connectivity index is 2.96. The van der Waals surface area contributed by atoms with Crippen molar-refractivity contribution in [2.45, 2.75) is 6.36 Å². The van der Waals surface area contributed by atoms with Crippen LogP contribution in [0.3, 0.4) is 0 Å². The normalized spacial score (nSPS) is 11.5. The Labute approximate surface area is 78.1 Å². The van der Waals surface area contributed by atoms with Gasteiger partial charge in [-0.15, -0.1) is 13.2 Å². The minimum Gasteiger partial charge on any atom is -0.404 e. The summed E-state index contributed by atoms with van der Waals surface area (Å²) in [7, 11) is 0. The minimum atomic E-state index is -4.72. The highest BCUT2D eigenvalue weighted by atomic mass is 35.5. The van der Waals surface area contributed by atoms with Crippen molar-refractivity contribution in [2.24, 2.45) is 0 Å². The molecule has 0 saturated heterocycles. The molecule has 13 heavy (non-hydrogen) atoms. The highest BCUT2D eigenvalue weighted by molar-refractivity contribution is 6.32. The van der Waals surface area contributed by atoms with Crippen molar-refractivity contribution in [3.63, 3.8) is 0 Å². The number of hydrogen-bond donors (Lipinski definition) is 0. The third kappa shape index (κ3) is 2.81. The van der Waals surface area contributed by atoms with Crippen molar-refractivity contribution in [2.75, 3.05) is 0 Å². The Hall–Kier alpha value is -0.900. The molecule has 5 heteroatoms. The van der Waals surface area contributed by atoms with Gasteiger partial charge in [-0.05, 0) is 18.6 Å². The van der Waals surface area contributed by atoms with Crippen molar-refractivity contribution in [3.8, 4) is 5.75 Å². The smallest absolute Gasteiger partial charge is 0.404 e. The van der Waals surface area contributed by atoms with Crippen molar-refractivity contribution in [1.82, 2.24) is 0 Å². The van der Waals surface area contributed by atoms with Gasteiger partial charge in [-0.2, -0.15) is 0 Å². The van der Waals surface area contributed by atoms with E-state index in [9.17, 15) is 13.2 Å². The molecular formula is C8H5ClF3O. The van der Waals surface area contributed by atoms with Gasteiger partial charge in [-0.1, -0.05) is 23.7 Å². The predicted molar refractivity (Wildman–Crippen MR) is 42.6 cm³/mol. The van der Waals surface area contributed by atoms with E-state index in [2.05, 4.69) is 11.7 Å². The van der Waals surface area contributed by atoms with Crippen LogP contribution in [0.4, 0.5) is 13.2 Å². The number of rotatable bonds is 1. The molecule has 0 heterocycles. The zero-order valence-corrected chi connectivity index (χ0v) is 7.12. The number of halogens is 4. The molecule has 1 aromatic carbocycles. The zero-order chi connectivity index (χ0) is 10.1. The second-order valence-corrected chi connectivity index (χ2v) is 2.66. The van der Waals surface area contributed by atoms with E-state index in [0.717, 1.165) is 6.07 Å². The molecule has 0 spiro atoms. The molecule has 1 nitrogen and oxygen atoms in total. The first kappa shape index (κ1) is 10.2. The Morgan fingerprint density at radius 2 is 1.92 bits per heavy atom. The summed E-state index contributed by atoms with van der Waals surface area (Å²) in [6.45, 7) is 3.43. The minimum absolute atomic E-state index is 0.125. The van der Waals surface area contributed by atoms with E-state index in [4.69, 9.17) is 11.6 Å². The Kier molecular flexibility index (Phi) is 2.71. The summed E-state index contributed by atoms with van der Waals surface area (Å²) < 4.78 is 38.9. The van der Waals surface area contributed by atoms with Gasteiger partial charge in [0.2, 0.25) is 0 Å². The maximum atomic E-state index is 11.8. The van der Waals surface area contributed by atoms with E-state index in [1.54, 1.807) is 0 Å². The standard InChI is InChI=1S/C8H5ClF3O/c1-5-3-2-4-6(7(5)9)13-8(10,11)12/h2-4H,1H2. The Morgan fingerprint density at radius 1 is 1.31 bits per heavy atom. The van der Waals surface area contributed by atoms with Crippen LogP contribution in [-0.4, -0.2) is 6.36 Å². The lowest BCUT2D eigenvalue weighted by Crippen LogP contribution is -2.17. The fourth-order valence-electron chi connectivity index (χ4n) is 0.760. The monoisotopic (exact) mass is 209 g/mol. The fourth-order valence-corrected chi connectivity index (χ4v) is 0.924. The first-order valence-electron chi connectivity index (χ1n) is 3.26. The van der Waals surface area contributed by atoms with Gasteiger partial charge in [-0.3, -0.25) is 0 Å². The Morgan fingerprint density at radius 3 is 2.46 bits per heavy atom. The van der Waals surface area contributed by atoms with E-state index in [1.165, 1.54) is 12.1 Å². The van der Waals surface area contributed by atoms with E-state index >= 15 is 0 Å². The van der Waals surface area contributed by atoms with Crippen molar-refractivity contribution in [1.29, 1.82) is 0 Å². The van der Waals surface area contributed by atoms with Crippen molar-refractivity contribution >= 4 is 11.6 Å². The van der Waals surface area contributed by atoms with E-state index < -0.39 is 12.1 Å². The van der Waals surface area contributed by atoms with Crippen LogP contribution in [-0.2, 0) is 0 Å². The molecule has 0 bridgehead atoms. The van der Waals surface area contributed by atoms with Crippen molar-refractivity contribution < 1.29 is 17.9 Å². The molecule has 0 aliphatic rings. The molecule has 0 aliphatic heterocycles. The van der Waals surface area contributed by atoms with Crippen LogP contribution in [0.25, 0.3) is 0 Å². The zero-order valence-electron chi connectivity index (χ0n) is 6.36. The second kappa shape index (κ2) is 3.46. The highest BCUT2D eigenvalue weighted by Gasteiger charge is 2.32. The van der Waals surface area contributed by atoms with E-state index in [0.29, 0.717) is 5.56 Å². The number of hydrogen-bond acceptors (Lipinski definition) is 1. The van der Waals surface area contributed by atoms with Crippen LogP contribution in [0.15, 0.2) is 18.2 Å². The van der Waals surface area contributed by atoms with Crippen LogP contribution in [0.1, 0.15) is 5.56 Å². The van der Waals surface area contributed by atoms with Gasteiger partial charge in [0.05, 0.1) is 5.02 Å². The molecule has 0 aliphatic carbocycles. The van der Waals surface area contributed by atoms with Crippen LogP contribution < -0.4 is 4.74 Å². The first-order valence-corrected chi connectivity index (χ1v) is 3.64. The summed E-state index contributed by atoms with van der Waals surface area (Å²) >= 11 is 5.51. The van der Waals surface area contributed by atoms with Gasteiger partial charge in [0.15, 0.2) is 0 Å². The molecular weight excluding hydrogens is 205 g/mol. The SMILES string of the molecule is [CH2]c1cccc(OC(F)(F)F)c1Cl. The third-order valence-electron chi connectivity index (χ3n) is 1.27. The summed E-state index contributed by atoms with van der Waals surface area (Å²) in [4.78, 5) is 0. The van der Waals surface area contributed by atoms with Crippen LogP contribution in [0, 0.1) is 6.92 Å². The quantitative estimate of drug-likeness (QED) is 0.689. The maximum Gasteiger partial charge on any atom is 0.573 e. The lowest BCUT2D eigenvalue weighted by Gasteiger charge is -2.10. The van der Waals surface area contributed by atoms with Crippen LogP contribution >= 0.6 is 11.6 Å². The molecule has 1 radical (unpaired) electrons. The molecule has 0 fully saturated rings. The number of benzene rings is 1. The van der Waals surface area contributed by atoms with Crippen LogP contribution in [0.2, 0.25) is 5.02 Å². The molecule has 0 atom stereocenters. The summed E-state index contributed by atoms with van der Waals surface area (Å²) in [5.74, 6) is -0.429. The third-order valence-corrected chi connectivity index (χ3v) is 1.70. The Bertz CT molecular complexity index is 309. The summed E-state index contributed by atoms with van der Waals surface area (Å²) in [5, 5.41) is -0.125. The first-order chi connectivity index (χ1) is 5.90. The van der Waals surface area contributed by atoms with Gasteiger partial charge in [-0.25, -0.2) is 0 Å².